The van der Waals surface area contributed by atoms with Gasteiger partial charge in [0.25, 0.3) is 0 Å². The van der Waals surface area contributed by atoms with E-state index >= 15 is 0 Å². The largest absolute Gasteiger partial charge is 0.338 e. The molecule has 1 aromatic carbocycles. The summed E-state index contributed by atoms with van der Waals surface area (Å²) in [5.41, 5.74) is 1.26. The van der Waals surface area contributed by atoms with Gasteiger partial charge in [-0.2, -0.15) is 0 Å². The van der Waals surface area contributed by atoms with Crippen LogP contribution in [0.5, 0.6) is 0 Å². The SMILES string of the molecule is Cc1nnnn1CC(=O)N(CCc1ccccc1)C1CCN(C)CC1. The predicted molar refractivity (Wildman–Crippen MR) is 94.9 cm³/mol. The van der Waals surface area contributed by atoms with Crippen LogP contribution in [-0.2, 0) is 17.8 Å². The number of aromatic nitrogens is 4. The smallest absolute Gasteiger partial charge is 0.244 e. The van der Waals surface area contributed by atoms with Crippen LogP contribution >= 0.6 is 0 Å². The lowest BCUT2D eigenvalue weighted by Gasteiger charge is -2.37. The number of carbonyl (C=O) groups is 1. The molecule has 1 aromatic heterocycles. The highest BCUT2D eigenvalue weighted by Gasteiger charge is 2.27. The van der Waals surface area contributed by atoms with Crippen molar-refractivity contribution in [3.63, 3.8) is 0 Å². The molecular weight excluding hydrogens is 316 g/mol. The van der Waals surface area contributed by atoms with E-state index in [4.69, 9.17) is 0 Å². The van der Waals surface area contributed by atoms with E-state index in [0.717, 1.165) is 38.9 Å². The minimum Gasteiger partial charge on any atom is -0.338 e. The quantitative estimate of drug-likeness (QED) is 0.788. The maximum Gasteiger partial charge on any atom is 0.244 e. The molecule has 134 valence electrons. The molecule has 0 saturated carbocycles. The summed E-state index contributed by atoms with van der Waals surface area (Å²) in [6, 6.07) is 10.6. The Morgan fingerprint density at radius 1 is 1.24 bits per heavy atom. The number of piperidine rings is 1. The van der Waals surface area contributed by atoms with Gasteiger partial charge in [0.1, 0.15) is 12.4 Å². The van der Waals surface area contributed by atoms with Gasteiger partial charge in [0.15, 0.2) is 0 Å². The molecule has 0 radical (unpaired) electrons. The fourth-order valence-electron chi connectivity index (χ4n) is 3.33. The second-order valence-electron chi connectivity index (χ2n) is 6.74. The van der Waals surface area contributed by atoms with Crippen LogP contribution in [0.3, 0.4) is 0 Å². The monoisotopic (exact) mass is 342 g/mol. The second-order valence-corrected chi connectivity index (χ2v) is 6.74. The van der Waals surface area contributed by atoms with Gasteiger partial charge in [0.2, 0.25) is 5.91 Å². The topological polar surface area (TPSA) is 67.2 Å². The van der Waals surface area contributed by atoms with E-state index in [-0.39, 0.29) is 12.5 Å². The fourth-order valence-corrected chi connectivity index (χ4v) is 3.33. The summed E-state index contributed by atoms with van der Waals surface area (Å²) < 4.78 is 1.58. The van der Waals surface area contributed by atoms with Gasteiger partial charge in [0.05, 0.1) is 0 Å². The Morgan fingerprint density at radius 3 is 2.60 bits per heavy atom. The highest BCUT2D eigenvalue weighted by Crippen LogP contribution is 2.17. The predicted octanol–water partition coefficient (Wildman–Crippen LogP) is 1.15. The molecule has 0 aliphatic carbocycles. The van der Waals surface area contributed by atoms with Gasteiger partial charge >= 0.3 is 0 Å². The summed E-state index contributed by atoms with van der Waals surface area (Å²) in [4.78, 5) is 17.3. The molecule has 1 saturated heterocycles. The summed E-state index contributed by atoms with van der Waals surface area (Å²) in [7, 11) is 2.14. The minimum atomic E-state index is 0.0980. The molecular formula is C18H26N6O. The van der Waals surface area contributed by atoms with E-state index in [1.54, 1.807) is 4.68 Å². The lowest BCUT2D eigenvalue weighted by atomic mass is 10.0. The third kappa shape index (κ3) is 4.63. The van der Waals surface area contributed by atoms with Crippen LogP contribution in [0.25, 0.3) is 0 Å². The molecule has 0 spiro atoms. The van der Waals surface area contributed by atoms with Crippen LogP contribution in [0.4, 0.5) is 0 Å². The van der Waals surface area contributed by atoms with Crippen molar-refractivity contribution in [2.75, 3.05) is 26.7 Å². The minimum absolute atomic E-state index is 0.0980. The van der Waals surface area contributed by atoms with E-state index in [1.807, 2.05) is 30.0 Å². The Bertz CT molecular complexity index is 678. The number of carbonyl (C=O) groups excluding carboxylic acids is 1. The zero-order valence-corrected chi connectivity index (χ0v) is 15.0. The summed E-state index contributed by atoms with van der Waals surface area (Å²) >= 11 is 0. The van der Waals surface area contributed by atoms with Crippen molar-refractivity contribution < 1.29 is 4.79 Å². The average molecular weight is 342 g/mol. The van der Waals surface area contributed by atoms with Crippen molar-refractivity contribution in [3.8, 4) is 0 Å². The Labute approximate surface area is 148 Å². The van der Waals surface area contributed by atoms with Gasteiger partial charge in [-0.25, -0.2) is 4.68 Å². The van der Waals surface area contributed by atoms with Crippen LogP contribution < -0.4 is 0 Å². The molecule has 3 rings (SSSR count). The number of tetrazole rings is 1. The van der Waals surface area contributed by atoms with E-state index in [2.05, 4.69) is 39.6 Å². The number of benzene rings is 1. The van der Waals surface area contributed by atoms with Crippen molar-refractivity contribution >= 4 is 5.91 Å². The first-order chi connectivity index (χ1) is 12.1. The van der Waals surface area contributed by atoms with Crippen molar-refractivity contribution in [2.24, 2.45) is 0 Å². The summed E-state index contributed by atoms with van der Waals surface area (Å²) in [5, 5.41) is 11.4. The molecule has 0 N–H and O–H groups in total. The molecule has 0 bridgehead atoms. The fraction of sp³-hybridized carbons (Fsp3) is 0.556. The molecule has 0 atom stereocenters. The van der Waals surface area contributed by atoms with Gasteiger partial charge < -0.3 is 9.80 Å². The van der Waals surface area contributed by atoms with Gasteiger partial charge in [-0.3, -0.25) is 4.79 Å². The zero-order chi connectivity index (χ0) is 17.6. The lowest BCUT2D eigenvalue weighted by molar-refractivity contribution is -0.135. The average Bonchev–Trinajstić information content (AvgIpc) is 3.02. The summed E-state index contributed by atoms with van der Waals surface area (Å²) in [6.07, 6.45) is 2.91. The normalized spacial score (nSPS) is 16.1. The van der Waals surface area contributed by atoms with Gasteiger partial charge in [0, 0.05) is 12.6 Å². The number of rotatable bonds is 6. The van der Waals surface area contributed by atoms with E-state index < -0.39 is 0 Å². The standard InChI is InChI=1S/C18H26N6O/c1-15-19-20-21-24(15)14-18(25)23(17-9-11-22(2)12-10-17)13-8-16-6-4-3-5-7-16/h3-7,17H,8-14H2,1-2H3. The van der Waals surface area contributed by atoms with Crippen LogP contribution in [0.2, 0.25) is 0 Å². The highest BCUT2D eigenvalue weighted by atomic mass is 16.2. The van der Waals surface area contributed by atoms with Crippen LogP contribution in [0.15, 0.2) is 30.3 Å². The molecule has 25 heavy (non-hydrogen) atoms. The number of aryl methyl sites for hydroxylation is 1. The van der Waals surface area contributed by atoms with E-state index in [0.29, 0.717) is 11.9 Å². The maximum atomic E-state index is 13.0. The molecule has 2 aromatic rings. The Hall–Kier alpha value is -2.28. The zero-order valence-electron chi connectivity index (χ0n) is 15.0. The number of likely N-dealkylation sites (tertiary alicyclic amines) is 1. The lowest BCUT2D eigenvalue weighted by Crippen LogP contribution is -2.48. The number of hydrogen-bond donors (Lipinski definition) is 0. The molecule has 1 aliphatic rings. The summed E-state index contributed by atoms with van der Waals surface area (Å²) in [5.74, 6) is 0.764. The van der Waals surface area contributed by atoms with E-state index in [1.165, 1.54) is 5.56 Å². The van der Waals surface area contributed by atoms with Gasteiger partial charge in [-0.15, -0.1) is 5.10 Å². The van der Waals surface area contributed by atoms with Crippen LogP contribution in [0, 0.1) is 6.92 Å². The van der Waals surface area contributed by atoms with Crippen molar-refractivity contribution in [1.29, 1.82) is 0 Å². The van der Waals surface area contributed by atoms with Crippen LogP contribution in [-0.4, -0.2) is 68.6 Å². The number of nitrogens with zero attached hydrogens (tertiary/aromatic N) is 6. The molecule has 1 fully saturated rings. The number of hydrogen-bond acceptors (Lipinski definition) is 5. The van der Waals surface area contributed by atoms with E-state index in [9.17, 15) is 4.79 Å². The Balaban J connectivity index is 1.69. The van der Waals surface area contributed by atoms with Crippen molar-refractivity contribution in [1.82, 2.24) is 30.0 Å². The van der Waals surface area contributed by atoms with Gasteiger partial charge in [-0.1, -0.05) is 30.3 Å². The molecule has 7 nitrogen and oxygen atoms in total. The highest BCUT2D eigenvalue weighted by molar-refractivity contribution is 5.76. The first kappa shape index (κ1) is 17.5. The van der Waals surface area contributed by atoms with Gasteiger partial charge in [-0.05, 0) is 62.3 Å². The first-order valence-electron chi connectivity index (χ1n) is 8.88. The number of amides is 1. The third-order valence-electron chi connectivity index (χ3n) is 4.93. The molecule has 0 unspecified atom stereocenters. The molecule has 1 amide bonds. The van der Waals surface area contributed by atoms with Crippen molar-refractivity contribution in [3.05, 3.63) is 41.7 Å². The first-order valence-corrected chi connectivity index (χ1v) is 8.88. The Morgan fingerprint density at radius 2 is 1.96 bits per heavy atom. The molecule has 2 heterocycles. The summed E-state index contributed by atoms with van der Waals surface area (Å²) in [6.45, 7) is 4.82. The molecule has 1 aliphatic heterocycles. The second kappa shape index (κ2) is 8.20. The molecule has 7 heteroatoms. The third-order valence-corrected chi connectivity index (χ3v) is 4.93. The van der Waals surface area contributed by atoms with Crippen molar-refractivity contribution in [2.45, 2.75) is 38.8 Å². The van der Waals surface area contributed by atoms with Crippen LogP contribution in [0.1, 0.15) is 24.2 Å². The maximum absolute atomic E-state index is 13.0. The Kier molecular flexibility index (Phi) is 5.75.